The third kappa shape index (κ3) is 4.34. The summed E-state index contributed by atoms with van der Waals surface area (Å²) in [5.41, 5.74) is 1.70. The Morgan fingerprint density at radius 1 is 1.41 bits per heavy atom. The lowest BCUT2D eigenvalue weighted by Crippen LogP contribution is -2.27. The predicted octanol–water partition coefficient (Wildman–Crippen LogP) is 5.93. The van der Waals surface area contributed by atoms with Crippen LogP contribution in [0, 0.1) is 17.3 Å². The van der Waals surface area contributed by atoms with E-state index < -0.39 is 0 Å². The van der Waals surface area contributed by atoms with Crippen LogP contribution in [0.25, 0.3) is 10.2 Å². The Balaban J connectivity index is 2.03. The fraction of sp³-hybridized carbons (Fsp3) is 0.636. The number of fused-ring (bicyclic) bond motifs is 3. The first-order valence-electron chi connectivity index (χ1n) is 10.0. The van der Waals surface area contributed by atoms with Crippen LogP contribution in [-0.4, -0.2) is 15.3 Å². The van der Waals surface area contributed by atoms with Gasteiger partial charge in [0.1, 0.15) is 4.83 Å². The van der Waals surface area contributed by atoms with Crippen molar-refractivity contribution >= 4 is 33.3 Å². The van der Waals surface area contributed by atoms with Gasteiger partial charge in [-0.3, -0.25) is 9.36 Å². The standard InChI is InChI=1S/C22H32N2OS2/c1-7-11-24-20(25)18-16-9-8-15(22(4,5)6)13-17(16)27-19(18)23-21(24)26-12-10-14(2)3/h7,14-15H,1,8-13H2,2-6H3/t15-/m1/s1. The molecule has 1 aliphatic rings. The molecule has 0 aromatic carbocycles. The summed E-state index contributed by atoms with van der Waals surface area (Å²) in [5, 5.41) is 1.72. The van der Waals surface area contributed by atoms with Gasteiger partial charge in [-0.25, -0.2) is 4.98 Å². The Hall–Kier alpha value is -1.07. The van der Waals surface area contributed by atoms with Crippen LogP contribution in [0.15, 0.2) is 22.6 Å². The van der Waals surface area contributed by atoms with Crippen LogP contribution in [0.4, 0.5) is 0 Å². The van der Waals surface area contributed by atoms with Crippen LogP contribution in [0.2, 0.25) is 0 Å². The van der Waals surface area contributed by atoms with E-state index in [-0.39, 0.29) is 5.56 Å². The summed E-state index contributed by atoms with van der Waals surface area (Å²) < 4.78 is 1.82. The number of rotatable bonds is 6. The molecule has 3 rings (SSSR count). The van der Waals surface area contributed by atoms with Crippen LogP contribution in [0.5, 0.6) is 0 Å². The second kappa shape index (κ2) is 8.12. The maximum atomic E-state index is 13.3. The van der Waals surface area contributed by atoms with E-state index in [9.17, 15) is 4.79 Å². The third-order valence-electron chi connectivity index (χ3n) is 5.60. The Bertz CT molecular complexity index is 886. The molecule has 0 aliphatic heterocycles. The Labute approximate surface area is 171 Å². The monoisotopic (exact) mass is 404 g/mol. The summed E-state index contributed by atoms with van der Waals surface area (Å²) in [6.45, 7) is 15.8. The van der Waals surface area contributed by atoms with Gasteiger partial charge in [0.2, 0.25) is 0 Å². The molecule has 1 atom stereocenters. The second-order valence-electron chi connectivity index (χ2n) is 9.12. The summed E-state index contributed by atoms with van der Waals surface area (Å²) in [6.07, 6.45) is 6.17. The first-order valence-corrected chi connectivity index (χ1v) is 11.8. The van der Waals surface area contributed by atoms with Crippen LogP contribution >= 0.6 is 23.1 Å². The number of hydrogen-bond acceptors (Lipinski definition) is 4. The Morgan fingerprint density at radius 3 is 2.78 bits per heavy atom. The minimum absolute atomic E-state index is 0.124. The molecule has 0 unspecified atom stereocenters. The van der Waals surface area contributed by atoms with Crippen molar-refractivity contribution in [2.45, 2.75) is 72.0 Å². The number of allylic oxidation sites excluding steroid dienone is 1. The van der Waals surface area contributed by atoms with Crippen molar-refractivity contribution in [1.29, 1.82) is 0 Å². The molecule has 27 heavy (non-hydrogen) atoms. The molecule has 3 nitrogen and oxygen atoms in total. The highest BCUT2D eigenvalue weighted by molar-refractivity contribution is 7.99. The van der Waals surface area contributed by atoms with Crippen LogP contribution < -0.4 is 5.56 Å². The quantitative estimate of drug-likeness (QED) is 0.340. The molecule has 0 N–H and O–H groups in total. The molecule has 0 amide bonds. The van der Waals surface area contributed by atoms with E-state index in [1.54, 1.807) is 29.2 Å². The predicted molar refractivity (Wildman–Crippen MR) is 119 cm³/mol. The van der Waals surface area contributed by atoms with E-state index in [0.29, 0.717) is 23.8 Å². The topological polar surface area (TPSA) is 34.9 Å². The number of hydrogen-bond donors (Lipinski definition) is 0. The first-order chi connectivity index (χ1) is 12.7. The lowest BCUT2D eigenvalue weighted by atomic mass is 9.72. The SMILES string of the molecule is C=CCn1c(SCCC(C)C)nc2sc3c(c2c1=O)CC[C@@H](C(C)(C)C)C3. The van der Waals surface area contributed by atoms with Crippen molar-refractivity contribution in [1.82, 2.24) is 9.55 Å². The number of nitrogens with zero attached hydrogens (tertiary/aromatic N) is 2. The molecular weight excluding hydrogens is 372 g/mol. The van der Waals surface area contributed by atoms with E-state index in [1.165, 1.54) is 10.4 Å². The van der Waals surface area contributed by atoms with E-state index in [1.807, 2.05) is 4.57 Å². The average molecular weight is 405 g/mol. The zero-order chi connectivity index (χ0) is 19.8. The second-order valence-corrected chi connectivity index (χ2v) is 11.3. The van der Waals surface area contributed by atoms with Gasteiger partial charge in [0, 0.05) is 17.2 Å². The van der Waals surface area contributed by atoms with Crippen molar-refractivity contribution in [3.63, 3.8) is 0 Å². The molecule has 2 aromatic rings. The van der Waals surface area contributed by atoms with E-state index in [0.717, 1.165) is 46.8 Å². The van der Waals surface area contributed by atoms with Gasteiger partial charge in [-0.2, -0.15) is 0 Å². The summed E-state index contributed by atoms with van der Waals surface area (Å²) >= 11 is 3.46. The number of thioether (sulfide) groups is 1. The Morgan fingerprint density at radius 2 is 2.15 bits per heavy atom. The van der Waals surface area contributed by atoms with Gasteiger partial charge in [0.15, 0.2) is 5.16 Å². The summed E-state index contributed by atoms with van der Waals surface area (Å²) in [5.74, 6) is 2.32. The third-order valence-corrected chi connectivity index (χ3v) is 7.75. The first kappa shape index (κ1) is 20.7. The van der Waals surface area contributed by atoms with Crippen molar-refractivity contribution in [2.75, 3.05) is 5.75 Å². The molecule has 1 aliphatic carbocycles. The summed E-state index contributed by atoms with van der Waals surface area (Å²) in [6, 6.07) is 0. The fourth-order valence-electron chi connectivity index (χ4n) is 3.77. The van der Waals surface area contributed by atoms with Crippen molar-refractivity contribution < 1.29 is 0 Å². The lowest BCUT2D eigenvalue weighted by molar-refractivity contribution is 0.218. The van der Waals surface area contributed by atoms with E-state index >= 15 is 0 Å². The normalized spacial score (nSPS) is 17.5. The molecule has 0 saturated heterocycles. The molecule has 2 heterocycles. The number of aryl methyl sites for hydroxylation is 1. The van der Waals surface area contributed by atoms with E-state index in [4.69, 9.17) is 4.98 Å². The molecule has 0 saturated carbocycles. The molecule has 0 bridgehead atoms. The minimum Gasteiger partial charge on any atom is -0.283 e. The van der Waals surface area contributed by atoms with Crippen LogP contribution in [-0.2, 0) is 19.4 Å². The number of aromatic nitrogens is 2. The fourth-order valence-corrected chi connectivity index (χ4v) is 6.35. The molecule has 5 heteroatoms. The number of thiophene rings is 1. The smallest absolute Gasteiger partial charge is 0.263 e. The lowest BCUT2D eigenvalue weighted by Gasteiger charge is -2.33. The largest absolute Gasteiger partial charge is 0.283 e. The van der Waals surface area contributed by atoms with Gasteiger partial charge in [0.25, 0.3) is 5.56 Å². The highest BCUT2D eigenvalue weighted by atomic mass is 32.2. The zero-order valence-corrected chi connectivity index (χ0v) is 18.9. The molecule has 0 spiro atoms. The average Bonchev–Trinajstić information content (AvgIpc) is 2.94. The van der Waals surface area contributed by atoms with Crippen LogP contribution in [0.3, 0.4) is 0 Å². The summed E-state index contributed by atoms with van der Waals surface area (Å²) in [7, 11) is 0. The van der Waals surface area contributed by atoms with Gasteiger partial charge in [0.05, 0.1) is 5.39 Å². The summed E-state index contributed by atoms with van der Waals surface area (Å²) in [4.78, 5) is 20.6. The highest BCUT2D eigenvalue weighted by Crippen LogP contribution is 2.42. The highest BCUT2D eigenvalue weighted by Gasteiger charge is 2.32. The van der Waals surface area contributed by atoms with Gasteiger partial charge in [-0.1, -0.05) is 52.5 Å². The van der Waals surface area contributed by atoms with Gasteiger partial charge in [-0.05, 0) is 48.5 Å². The Kier molecular flexibility index (Phi) is 6.21. The van der Waals surface area contributed by atoms with Gasteiger partial charge in [-0.15, -0.1) is 17.9 Å². The maximum Gasteiger partial charge on any atom is 0.263 e. The van der Waals surface area contributed by atoms with Crippen LogP contribution in [0.1, 0.15) is 57.9 Å². The van der Waals surface area contributed by atoms with E-state index in [2.05, 4.69) is 41.2 Å². The molecule has 0 radical (unpaired) electrons. The molecule has 148 valence electrons. The van der Waals surface area contributed by atoms with Gasteiger partial charge < -0.3 is 0 Å². The molecule has 0 fully saturated rings. The molecule has 2 aromatic heterocycles. The zero-order valence-electron chi connectivity index (χ0n) is 17.3. The van der Waals surface area contributed by atoms with Crippen molar-refractivity contribution in [3.8, 4) is 0 Å². The maximum absolute atomic E-state index is 13.3. The van der Waals surface area contributed by atoms with Crippen molar-refractivity contribution in [2.24, 2.45) is 17.3 Å². The molecular formula is C22H32N2OS2. The van der Waals surface area contributed by atoms with Crippen molar-refractivity contribution in [3.05, 3.63) is 33.4 Å². The minimum atomic E-state index is 0.124. The van der Waals surface area contributed by atoms with Gasteiger partial charge >= 0.3 is 0 Å².